The summed E-state index contributed by atoms with van der Waals surface area (Å²) in [4.78, 5) is 24.5. The van der Waals surface area contributed by atoms with Crippen molar-refractivity contribution >= 4 is 11.9 Å². The lowest BCUT2D eigenvalue weighted by atomic mass is 10.5. The van der Waals surface area contributed by atoms with Crippen molar-refractivity contribution in [3.8, 4) is 0 Å². The number of carbonyl (C=O) groups is 2. The summed E-state index contributed by atoms with van der Waals surface area (Å²) < 4.78 is 0. The molecule has 0 radical (unpaired) electrons. The smallest absolute Gasteiger partial charge is 0.311 e. The van der Waals surface area contributed by atoms with E-state index in [0.717, 1.165) is 4.90 Å². The van der Waals surface area contributed by atoms with Crippen LogP contribution in [-0.4, -0.2) is 41.9 Å². The highest BCUT2D eigenvalue weighted by Gasteiger charge is 2.31. The largest absolute Gasteiger partial charge is 0.327 e. The van der Waals surface area contributed by atoms with Crippen LogP contribution >= 0.6 is 0 Å². The fraction of sp³-hybridized carbons (Fsp3) is 0.429. The molecule has 0 spiro atoms. The van der Waals surface area contributed by atoms with Crippen molar-refractivity contribution < 1.29 is 9.59 Å². The molecular formula is C7H10N2O2. The zero-order valence-corrected chi connectivity index (χ0v) is 6.41. The lowest BCUT2D eigenvalue weighted by molar-refractivity contribution is -0.124. The second kappa shape index (κ2) is 2.74. The lowest BCUT2D eigenvalue weighted by Crippen LogP contribution is -2.29. The second-order valence-corrected chi connectivity index (χ2v) is 2.40. The molecule has 0 aromatic heterocycles. The lowest BCUT2D eigenvalue weighted by Gasteiger charge is -2.10. The Kier molecular flexibility index (Phi) is 1.94. The zero-order valence-electron chi connectivity index (χ0n) is 6.41. The molecular weight excluding hydrogens is 144 g/mol. The first-order chi connectivity index (χ1) is 5.16. The van der Waals surface area contributed by atoms with E-state index in [1.807, 2.05) is 0 Å². The molecule has 1 saturated heterocycles. The van der Waals surface area contributed by atoms with E-state index in [0.29, 0.717) is 6.54 Å². The molecule has 1 rings (SSSR count). The maximum atomic E-state index is 11.1. The summed E-state index contributed by atoms with van der Waals surface area (Å²) in [6, 6.07) is -0.241. The Labute approximate surface area is 65.1 Å². The average molecular weight is 154 g/mol. The second-order valence-electron chi connectivity index (χ2n) is 2.40. The SMILES string of the molecule is C=CCN1CC(=O)N(C)C1=O. The first kappa shape index (κ1) is 7.78. The van der Waals surface area contributed by atoms with Gasteiger partial charge in [-0.05, 0) is 0 Å². The minimum Gasteiger partial charge on any atom is -0.311 e. The molecule has 0 unspecified atom stereocenters. The van der Waals surface area contributed by atoms with Gasteiger partial charge in [0.25, 0.3) is 0 Å². The van der Waals surface area contributed by atoms with Crippen LogP contribution in [0.15, 0.2) is 12.7 Å². The van der Waals surface area contributed by atoms with Crippen molar-refractivity contribution in [1.29, 1.82) is 0 Å². The van der Waals surface area contributed by atoms with Gasteiger partial charge in [-0.1, -0.05) is 6.08 Å². The van der Waals surface area contributed by atoms with Gasteiger partial charge in [-0.2, -0.15) is 0 Å². The molecule has 3 amide bonds. The number of urea groups is 1. The Hall–Kier alpha value is -1.32. The number of hydrogen-bond acceptors (Lipinski definition) is 2. The molecule has 0 bridgehead atoms. The summed E-state index contributed by atoms with van der Waals surface area (Å²) >= 11 is 0. The van der Waals surface area contributed by atoms with Gasteiger partial charge < -0.3 is 4.90 Å². The summed E-state index contributed by atoms with van der Waals surface area (Å²) in [5, 5.41) is 0. The van der Waals surface area contributed by atoms with Crippen molar-refractivity contribution in [3.63, 3.8) is 0 Å². The molecule has 1 aliphatic rings. The van der Waals surface area contributed by atoms with E-state index in [-0.39, 0.29) is 18.5 Å². The molecule has 1 heterocycles. The predicted molar refractivity (Wildman–Crippen MR) is 39.9 cm³/mol. The van der Waals surface area contributed by atoms with Crippen LogP contribution in [-0.2, 0) is 4.79 Å². The number of likely N-dealkylation sites (N-methyl/N-ethyl adjacent to an activating group) is 1. The van der Waals surface area contributed by atoms with Crippen molar-refractivity contribution in [1.82, 2.24) is 9.80 Å². The highest BCUT2D eigenvalue weighted by atomic mass is 16.2. The molecule has 0 aromatic rings. The maximum absolute atomic E-state index is 11.1. The van der Waals surface area contributed by atoms with Gasteiger partial charge in [0, 0.05) is 13.6 Å². The summed E-state index contributed by atoms with van der Waals surface area (Å²) in [6.45, 7) is 4.11. The van der Waals surface area contributed by atoms with E-state index in [1.165, 1.54) is 11.9 Å². The van der Waals surface area contributed by atoms with Gasteiger partial charge in [-0.25, -0.2) is 4.79 Å². The third-order valence-electron chi connectivity index (χ3n) is 1.61. The van der Waals surface area contributed by atoms with Gasteiger partial charge in [-0.3, -0.25) is 9.69 Å². The van der Waals surface area contributed by atoms with E-state index in [1.54, 1.807) is 6.08 Å². The van der Waals surface area contributed by atoms with Crippen LogP contribution in [0.5, 0.6) is 0 Å². The monoisotopic (exact) mass is 154 g/mol. The molecule has 11 heavy (non-hydrogen) atoms. The summed E-state index contributed by atoms with van der Waals surface area (Å²) in [7, 11) is 1.48. The van der Waals surface area contributed by atoms with Crippen LogP contribution in [0.3, 0.4) is 0 Å². The third kappa shape index (κ3) is 1.24. The molecule has 4 nitrogen and oxygen atoms in total. The maximum Gasteiger partial charge on any atom is 0.327 e. The van der Waals surface area contributed by atoms with Gasteiger partial charge in [0.15, 0.2) is 0 Å². The molecule has 0 saturated carbocycles. The Morgan fingerprint density at radius 3 is 2.64 bits per heavy atom. The summed E-state index contributed by atoms with van der Waals surface area (Å²) in [6.07, 6.45) is 1.60. The number of imide groups is 1. The standard InChI is InChI=1S/C7H10N2O2/c1-3-4-9-5-6(10)8(2)7(9)11/h3H,1,4-5H2,2H3. The van der Waals surface area contributed by atoms with Crippen LogP contribution < -0.4 is 0 Å². The quantitative estimate of drug-likeness (QED) is 0.417. The van der Waals surface area contributed by atoms with E-state index in [2.05, 4.69) is 6.58 Å². The van der Waals surface area contributed by atoms with Crippen molar-refractivity contribution in [2.75, 3.05) is 20.1 Å². The number of amides is 3. The molecule has 60 valence electrons. The normalized spacial score (nSPS) is 17.9. The average Bonchev–Trinajstić information content (AvgIpc) is 2.19. The van der Waals surface area contributed by atoms with Gasteiger partial charge in [-0.15, -0.1) is 6.58 Å². The van der Waals surface area contributed by atoms with Crippen LogP contribution in [0.4, 0.5) is 4.79 Å². The molecule has 1 fully saturated rings. The summed E-state index contributed by atoms with van der Waals surface area (Å²) in [5.41, 5.74) is 0. The van der Waals surface area contributed by atoms with Crippen LogP contribution in [0, 0.1) is 0 Å². The van der Waals surface area contributed by atoms with E-state index >= 15 is 0 Å². The fourth-order valence-electron chi connectivity index (χ4n) is 0.954. The minimum absolute atomic E-state index is 0.156. The van der Waals surface area contributed by atoms with Crippen LogP contribution in [0.25, 0.3) is 0 Å². The predicted octanol–water partition coefficient (Wildman–Crippen LogP) is 0.0664. The fourth-order valence-corrected chi connectivity index (χ4v) is 0.954. The van der Waals surface area contributed by atoms with Gasteiger partial charge >= 0.3 is 6.03 Å². The first-order valence-corrected chi connectivity index (χ1v) is 3.33. The van der Waals surface area contributed by atoms with Gasteiger partial charge in [0.1, 0.15) is 6.54 Å². The molecule has 0 atom stereocenters. The molecule has 0 aromatic carbocycles. The molecule has 0 N–H and O–H groups in total. The van der Waals surface area contributed by atoms with Crippen LogP contribution in [0.1, 0.15) is 0 Å². The van der Waals surface area contributed by atoms with Gasteiger partial charge in [0.05, 0.1) is 0 Å². The Morgan fingerprint density at radius 1 is 1.64 bits per heavy atom. The molecule has 1 aliphatic heterocycles. The highest BCUT2D eigenvalue weighted by molar-refractivity contribution is 6.01. The van der Waals surface area contributed by atoms with Crippen molar-refractivity contribution in [3.05, 3.63) is 12.7 Å². The Morgan fingerprint density at radius 2 is 2.27 bits per heavy atom. The van der Waals surface area contributed by atoms with Crippen LogP contribution in [0.2, 0.25) is 0 Å². The van der Waals surface area contributed by atoms with Crippen molar-refractivity contribution in [2.24, 2.45) is 0 Å². The first-order valence-electron chi connectivity index (χ1n) is 3.33. The number of hydrogen-bond donors (Lipinski definition) is 0. The van der Waals surface area contributed by atoms with E-state index in [4.69, 9.17) is 0 Å². The Balaban J connectivity index is 2.66. The molecule has 4 heteroatoms. The zero-order chi connectivity index (χ0) is 8.43. The number of rotatable bonds is 2. The van der Waals surface area contributed by atoms with E-state index < -0.39 is 0 Å². The Bertz CT molecular complexity index is 212. The number of carbonyl (C=O) groups excluding carboxylic acids is 2. The van der Waals surface area contributed by atoms with Gasteiger partial charge in [0.2, 0.25) is 5.91 Å². The minimum atomic E-state index is -0.241. The molecule has 0 aliphatic carbocycles. The number of nitrogens with zero attached hydrogens (tertiary/aromatic N) is 2. The van der Waals surface area contributed by atoms with E-state index in [9.17, 15) is 9.59 Å². The topological polar surface area (TPSA) is 40.6 Å². The third-order valence-corrected chi connectivity index (χ3v) is 1.61. The van der Waals surface area contributed by atoms with Crippen molar-refractivity contribution in [2.45, 2.75) is 0 Å². The summed E-state index contributed by atoms with van der Waals surface area (Å²) in [5.74, 6) is -0.156. The highest BCUT2D eigenvalue weighted by Crippen LogP contribution is 2.06.